The number of benzene rings is 2. The molecular weight excluding hydrogens is 330 g/mol. The van der Waals surface area contributed by atoms with Crippen LogP contribution in [0.15, 0.2) is 66.7 Å². The Kier molecular flexibility index (Phi) is 5.36. The summed E-state index contributed by atoms with van der Waals surface area (Å²) in [4.78, 5) is 2.73. The Labute approximate surface area is 163 Å². The molecule has 1 saturated carbocycles. The first-order valence-corrected chi connectivity index (χ1v) is 10.4. The van der Waals surface area contributed by atoms with Crippen molar-refractivity contribution in [2.24, 2.45) is 5.92 Å². The molecule has 0 aromatic heterocycles. The van der Waals surface area contributed by atoms with Crippen LogP contribution >= 0.6 is 0 Å². The van der Waals surface area contributed by atoms with Crippen LogP contribution in [0.5, 0.6) is 5.75 Å². The summed E-state index contributed by atoms with van der Waals surface area (Å²) in [7, 11) is 0. The highest BCUT2D eigenvalue weighted by atomic mass is 16.3. The summed E-state index contributed by atoms with van der Waals surface area (Å²) in [5.74, 6) is 0.928. The number of hydrogen-bond donors (Lipinski definition) is 1. The van der Waals surface area contributed by atoms with Gasteiger partial charge in [-0.05, 0) is 62.4 Å². The predicted octanol–water partition coefficient (Wildman–Crippen LogP) is 5.32. The van der Waals surface area contributed by atoms with Crippen LogP contribution in [0.4, 0.5) is 0 Å². The summed E-state index contributed by atoms with van der Waals surface area (Å²) in [6.45, 7) is 4.44. The zero-order valence-electron chi connectivity index (χ0n) is 16.3. The molecule has 2 fully saturated rings. The average molecular weight is 362 g/mol. The maximum absolute atomic E-state index is 10.1. The molecule has 27 heavy (non-hydrogen) atoms. The maximum atomic E-state index is 10.1. The number of fused-ring (bicyclic) bond motifs is 2. The van der Waals surface area contributed by atoms with E-state index in [-0.39, 0.29) is 5.41 Å². The quantitative estimate of drug-likeness (QED) is 0.728. The van der Waals surface area contributed by atoms with Crippen LogP contribution in [0, 0.1) is 5.92 Å². The summed E-state index contributed by atoms with van der Waals surface area (Å²) in [6, 6.07) is 19.5. The van der Waals surface area contributed by atoms with Crippen LogP contribution in [0.1, 0.15) is 43.7 Å². The third-order valence-electron chi connectivity index (χ3n) is 6.84. The number of aromatic hydroxyl groups is 1. The molecule has 1 aliphatic carbocycles. The Morgan fingerprint density at radius 3 is 2.74 bits per heavy atom. The summed E-state index contributed by atoms with van der Waals surface area (Å²) in [6.07, 6.45) is 10.8. The van der Waals surface area contributed by atoms with E-state index in [4.69, 9.17) is 0 Å². The number of rotatable bonds is 5. The molecule has 2 aromatic rings. The Balaban J connectivity index is 1.59. The lowest BCUT2D eigenvalue weighted by molar-refractivity contribution is 0.0113. The summed E-state index contributed by atoms with van der Waals surface area (Å²) in [5.41, 5.74) is 2.94. The molecule has 4 rings (SSSR count). The van der Waals surface area contributed by atoms with Crippen LogP contribution in [0.2, 0.25) is 0 Å². The van der Waals surface area contributed by atoms with E-state index in [0.29, 0.717) is 17.7 Å². The van der Waals surface area contributed by atoms with Crippen LogP contribution in [-0.2, 0) is 11.8 Å². The first kappa shape index (κ1) is 18.3. The Morgan fingerprint density at radius 1 is 1.11 bits per heavy atom. The molecule has 1 saturated heterocycles. The second-order valence-electron chi connectivity index (χ2n) is 8.24. The number of hydrogen-bond acceptors (Lipinski definition) is 2. The van der Waals surface area contributed by atoms with Gasteiger partial charge in [-0.25, -0.2) is 0 Å². The van der Waals surface area contributed by atoms with Crippen molar-refractivity contribution in [3.05, 3.63) is 77.9 Å². The minimum atomic E-state index is 0.178. The van der Waals surface area contributed by atoms with Crippen molar-refractivity contribution in [1.29, 1.82) is 0 Å². The van der Waals surface area contributed by atoms with E-state index in [1.54, 1.807) is 6.07 Å². The monoisotopic (exact) mass is 361 g/mol. The number of likely N-dealkylation sites (tertiary alicyclic amines) is 1. The lowest BCUT2D eigenvalue weighted by atomic mass is 9.56. The largest absolute Gasteiger partial charge is 0.508 e. The molecule has 0 radical (unpaired) electrons. The number of phenols is 1. The number of allylic oxidation sites excluding steroid dienone is 1. The van der Waals surface area contributed by atoms with Gasteiger partial charge in [-0.3, -0.25) is 4.90 Å². The average Bonchev–Trinajstić information content (AvgIpc) is 2.69. The van der Waals surface area contributed by atoms with E-state index >= 15 is 0 Å². The Morgan fingerprint density at radius 2 is 1.96 bits per heavy atom. The van der Waals surface area contributed by atoms with Gasteiger partial charge in [-0.2, -0.15) is 0 Å². The van der Waals surface area contributed by atoms with Crippen LogP contribution < -0.4 is 0 Å². The molecule has 2 heteroatoms. The third kappa shape index (κ3) is 3.55. The summed E-state index contributed by atoms with van der Waals surface area (Å²) < 4.78 is 0. The normalized spacial score (nSPS) is 28.5. The standard InChI is InChI=1S/C25H31NO/c1-2-8-23-24-13-7-15-25(23,21-11-6-12-22(27)19-21)16-18-26(24)17-14-20-9-4-3-5-10-20/h2-6,8-12,19,23-24,27H,7,13-18H2,1H3/b8-2-/t23-,24-,25-/m1/s1. The van der Waals surface area contributed by atoms with Gasteiger partial charge >= 0.3 is 0 Å². The SMILES string of the molecule is C/C=C\[C@@H]1[C@H]2CCC[C@]1(c1cccc(O)c1)CCN2CCc1ccccc1. The minimum Gasteiger partial charge on any atom is -0.508 e. The van der Waals surface area contributed by atoms with Gasteiger partial charge in [0.25, 0.3) is 0 Å². The van der Waals surface area contributed by atoms with Crippen molar-refractivity contribution >= 4 is 0 Å². The molecule has 2 nitrogen and oxygen atoms in total. The fourth-order valence-corrected chi connectivity index (χ4v) is 5.56. The lowest BCUT2D eigenvalue weighted by Gasteiger charge is -2.56. The lowest BCUT2D eigenvalue weighted by Crippen LogP contribution is -2.58. The fraction of sp³-hybridized carbons (Fsp3) is 0.440. The van der Waals surface area contributed by atoms with E-state index < -0.39 is 0 Å². The highest BCUT2D eigenvalue weighted by Crippen LogP contribution is 2.52. The molecule has 1 N–H and O–H groups in total. The Hall–Kier alpha value is -2.06. The smallest absolute Gasteiger partial charge is 0.115 e. The molecule has 142 valence electrons. The predicted molar refractivity (Wildman–Crippen MR) is 112 cm³/mol. The van der Waals surface area contributed by atoms with Crippen molar-refractivity contribution in [2.75, 3.05) is 13.1 Å². The van der Waals surface area contributed by atoms with Gasteiger partial charge in [-0.1, -0.05) is 61.0 Å². The zero-order valence-corrected chi connectivity index (χ0v) is 16.3. The van der Waals surface area contributed by atoms with Crippen LogP contribution in [-0.4, -0.2) is 29.1 Å². The number of nitrogens with zero attached hydrogens (tertiary/aromatic N) is 1. The van der Waals surface area contributed by atoms with Gasteiger partial charge in [0.1, 0.15) is 5.75 Å². The molecule has 2 aliphatic rings. The first-order chi connectivity index (χ1) is 13.2. The van der Waals surface area contributed by atoms with E-state index in [1.165, 1.54) is 36.8 Å². The maximum Gasteiger partial charge on any atom is 0.115 e. The molecule has 2 bridgehead atoms. The molecule has 1 heterocycles. The molecule has 0 spiro atoms. The first-order valence-electron chi connectivity index (χ1n) is 10.4. The van der Waals surface area contributed by atoms with Crippen LogP contribution in [0.25, 0.3) is 0 Å². The molecule has 0 unspecified atom stereocenters. The number of phenolic OH excluding ortho intramolecular Hbond substituents is 1. The van der Waals surface area contributed by atoms with Gasteiger partial charge < -0.3 is 5.11 Å². The highest BCUT2D eigenvalue weighted by Gasteiger charge is 2.50. The van der Waals surface area contributed by atoms with Gasteiger partial charge in [0.15, 0.2) is 0 Å². The second kappa shape index (κ2) is 7.90. The highest BCUT2D eigenvalue weighted by molar-refractivity contribution is 5.37. The van der Waals surface area contributed by atoms with Crippen molar-refractivity contribution in [1.82, 2.24) is 4.90 Å². The second-order valence-corrected chi connectivity index (χ2v) is 8.24. The van der Waals surface area contributed by atoms with Crippen LogP contribution in [0.3, 0.4) is 0 Å². The topological polar surface area (TPSA) is 23.5 Å². The zero-order chi connectivity index (χ0) is 18.7. The van der Waals surface area contributed by atoms with Crippen molar-refractivity contribution < 1.29 is 5.11 Å². The Bertz CT molecular complexity index is 784. The van der Waals surface area contributed by atoms with E-state index in [0.717, 1.165) is 19.5 Å². The summed E-state index contributed by atoms with van der Waals surface area (Å²) in [5, 5.41) is 10.1. The molecule has 0 amide bonds. The van der Waals surface area contributed by atoms with Crippen molar-refractivity contribution in [2.45, 2.75) is 50.5 Å². The van der Waals surface area contributed by atoms with Gasteiger partial charge in [0.2, 0.25) is 0 Å². The van der Waals surface area contributed by atoms with E-state index in [2.05, 4.69) is 60.4 Å². The molecule has 1 aliphatic heterocycles. The van der Waals surface area contributed by atoms with Gasteiger partial charge in [0.05, 0.1) is 0 Å². The van der Waals surface area contributed by atoms with Gasteiger partial charge in [0, 0.05) is 23.9 Å². The molecule has 3 atom stereocenters. The van der Waals surface area contributed by atoms with Gasteiger partial charge in [-0.15, -0.1) is 0 Å². The van der Waals surface area contributed by atoms with Crippen molar-refractivity contribution in [3.63, 3.8) is 0 Å². The minimum absolute atomic E-state index is 0.178. The number of piperidine rings is 1. The van der Waals surface area contributed by atoms with E-state index in [1.807, 2.05) is 12.1 Å². The molecular formula is C25H31NO. The summed E-state index contributed by atoms with van der Waals surface area (Å²) >= 11 is 0. The third-order valence-corrected chi connectivity index (χ3v) is 6.84. The fourth-order valence-electron chi connectivity index (χ4n) is 5.56. The van der Waals surface area contributed by atoms with Crippen molar-refractivity contribution in [3.8, 4) is 5.75 Å². The van der Waals surface area contributed by atoms with E-state index in [9.17, 15) is 5.11 Å². The molecule has 2 aromatic carbocycles.